The predicted octanol–water partition coefficient (Wildman–Crippen LogP) is 4.20. The normalized spacial score (nSPS) is 23.4. The van der Waals surface area contributed by atoms with Crippen molar-refractivity contribution in [1.29, 1.82) is 0 Å². The van der Waals surface area contributed by atoms with Gasteiger partial charge in [0.1, 0.15) is 0 Å². The van der Waals surface area contributed by atoms with Crippen LogP contribution in [0.15, 0.2) is 18.2 Å². The summed E-state index contributed by atoms with van der Waals surface area (Å²) in [7, 11) is 0. The van der Waals surface area contributed by atoms with Crippen LogP contribution < -0.4 is 10.2 Å². The van der Waals surface area contributed by atoms with E-state index >= 15 is 0 Å². The van der Waals surface area contributed by atoms with E-state index < -0.39 is 0 Å². The fraction of sp³-hybridized carbons (Fsp3) is 0.647. The van der Waals surface area contributed by atoms with Crippen LogP contribution in [0.3, 0.4) is 0 Å². The highest BCUT2D eigenvalue weighted by Crippen LogP contribution is 2.31. The predicted molar refractivity (Wildman–Crippen MR) is 83.1 cm³/mol. The molecule has 2 aliphatic rings. The fourth-order valence-electron chi connectivity index (χ4n) is 3.58. The number of hydrogen-bond acceptors (Lipinski definition) is 2. The van der Waals surface area contributed by atoms with Crippen molar-refractivity contribution in [3.63, 3.8) is 0 Å². The van der Waals surface area contributed by atoms with Gasteiger partial charge in [-0.3, -0.25) is 0 Å². The molecule has 0 bridgehead atoms. The van der Waals surface area contributed by atoms with Crippen LogP contribution in [0.1, 0.15) is 51.0 Å². The average Bonchev–Trinajstić information content (AvgIpc) is 2.72. The molecule has 1 saturated heterocycles. The van der Waals surface area contributed by atoms with Gasteiger partial charge in [0.25, 0.3) is 0 Å². The molecule has 0 spiro atoms. The minimum absolute atomic E-state index is 0.747. The van der Waals surface area contributed by atoms with Gasteiger partial charge in [-0.15, -0.1) is 0 Å². The molecule has 0 radical (unpaired) electrons. The van der Waals surface area contributed by atoms with Gasteiger partial charge in [-0.05, 0) is 55.9 Å². The summed E-state index contributed by atoms with van der Waals surface area (Å²) in [5, 5.41) is 3.51. The van der Waals surface area contributed by atoms with E-state index in [0.717, 1.165) is 12.6 Å². The maximum absolute atomic E-state index is 3.51. The lowest BCUT2D eigenvalue weighted by Gasteiger charge is -2.32. The van der Waals surface area contributed by atoms with Crippen molar-refractivity contribution in [2.75, 3.05) is 23.3 Å². The van der Waals surface area contributed by atoms with Gasteiger partial charge < -0.3 is 10.2 Å². The summed E-state index contributed by atoms with van der Waals surface area (Å²) in [6, 6.07) is 7.80. The van der Waals surface area contributed by atoms with Gasteiger partial charge >= 0.3 is 0 Å². The minimum Gasteiger partial charge on any atom is -0.385 e. The lowest BCUT2D eigenvalue weighted by molar-refractivity contribution is 0.556. The van der Waals surface area contributed by atoms with Crippen LogP contribution in [0, 0.1) is 0 Å². The summed E-state index contributed by atoms with van der Waals surface area (Å²) in [4.78, 5) is 2.67. The van der Waals surface area contributed by atoms with E-state index in [1.54, 1.807) is 0 Å². The lowest BCUT2D eigenvalue weighted by Crippen LogP contribution is -2.34. The molecule has 2 nitrogen and oxygen atoms in total. The monoisotopic (exact) mass is 258 g/mol. The second-order valence-corrected chi connectivity index (χ2v) is 5.98. The molecule has 1 N–H and O–H groups in total. The van der Waals surface area contributed by atoms with Gasteiger partial charge in [0, 0.05) is 30.5 Å². The van der Waals surface area contributed by atoms with E-state index in [4.69, 9.17) is 0 Å². The Hall–Kier alpha value is -1.18. The molecule has 1 atom stereocenters. The quantitative estimate of drug-likeness (QED) is 0.855. The smallest absolute Gasteiger partial charge is 0.0374 e. The molecule has 1 unspecified atom stereocenters. The maximum Gasteiger partial charge on any atom is 0.0374 e. The number of fused-ring (bicyclic) bond motifs is 1. The van der Waals surface area contributed by atoms with Gasteiger partial charge in [-0.25, -0.2) is 0 Å². The van der Waals surface area contributed by atoms with E-state index in [-0.39, 0.29) is 0 Å². The largest absolute Gasteiger partial charge is 0.385 e. The Kier molecular flexibility index (Phi) is 3.95. The highest BCUT2D eigenvalue weighted by molar-refractivity contribution is 5.62. The van der Waals surface area contributed by atoms with Gasteiger partial charge in [-0.1, -0.05) is 19.8 Å². The second-order valence-electron chi connectivity index (χ2n) is 5.98. The van der Waals surface area contributed by atoms with E-state index in [2.05, 4.69) is 35.3 Å². The van der Waals surface area contributed by atoms with Crippen LogP contribution in [0.2, 0.25) is 0 Å². The molecular formula is C17H26N2. The lowest BCUT2D eigenvalue weighted by atomic mass is 10.0. The zero-order valence-corrected chi connectivity index (χ0v) is 12.1. The molecule has 2 heteroatoms. The summed E-state index contributed by atoms with van der Waals surface area (Å²) in [6.45, 7) is 4.71. The molecule has 104 valence electrons. The number of rotatable bonds is 2. The van der Waals surface area contributed by atoms with Gasteiger partial charge in [0.05, 0.1) is 0 Å². The molecule has 1 fully saturated rings. The Labute approximate surface area is 117 Å². The molecule has 1 aromatic rings. The van der Waals surface area contributed by atoms with E-state index in [9.17, 15) is 0 Å². The van der Waals surface area contributed by atoms with Crippen molar-refractivity contribution in [3.8, 4) is 0 Å². The van der Waals surface area contributed by atoms with Crippen LogP contribution in [0.5, 0.6) is 0 Å². The zero-order valence-electron chi connectivity index (χ0n) is 12.1. The topological polar surface area (TPSA) is 15.3 Å². The molecule has 3 rings (SSSR count). The van der Waals surface area contributed by atoms with E-state index in [1.807, 2.05) is 0 Å². The first-order chi connectivity index (χ1) is 9.38. The van der Waals surface area contributed by atoms with Crippen molar-refractivity contribution in [2.24, 2.45) is 0 Å². The highest BCUT2D eigenvalue weighted by atomic mass is 15.2. The molecule has 1 aromatic carbocycles. The Morgan fingerprint density at radius 3 is 3.05 bits per heavy atom. The van der Waals surface area contributed by atoms with Crippen molar-refractivity contribution < 1.29 is 0 Å². The molecule has 0 aromatic heterocycles. The van der Waals surface area contributed by atoms with Crippen molar-refractivity contribution in [3.05, 3.63) is 23.8 Å². The molecule has 0 amide bonds. The van der Waals surface area contributed by atoms with E-state index in [0.29, 0.717) is 0 Å². The molecule has 19 heavy (non-hydrogen) atoms. The Morgan fingerprint density at radius 1 is 1.21 bits per heavy atom. The Balaban J connectivity index is 1.86. The molecule has 0 saturated carbocycles. The number of nitrogens with one attached hydrogen (secondary N) is 1. The molecule has 2 aliphatic heterocycles. The number of anilines is 2. The van der Waals surface area contributed by atoms with Crippen molar-refractivity contribution in [1.82, 2.24) is 0 Å². The number of benzene rings is 1. The summed E-state index contributed by atoms with van der Waals surface area (Å²) < 4.78 is 0. The third-order valence-corrected chi connectivity index (χ3v) is 4.71. The number of aryl methyl sites for hydroxylation is 1. The highest BCUT2D eigenvalue weighted by Gasteiger charge is 2.20. The number of nitrogens with zero attached hydrogens (tertiary/aromatic N) is 1. The Bertz CT molecular complexity index is 427. The van der Waals surface area contributed by atoms with Crippen LogP contribution in [0.4, 0.5) is 11.4 Å². The van der Waals surface area contributed by atoms with Crippen LogP contribution in [0.25, 0.3) is 0 Å². The third-order valence-electron chi connectivity index (χ3n) is 4.71. The first-order valence-corrected chi connectivity index (χ1v) is 8.02. The summed E-state index contributed by atoms with van der Waals surface area (Å²) in [5.74, 6) is 0. The van der Waals surface area contributed by atoms with Gasteiger partial charge in [0.15, 0.2) is 0 Å². The first kappa shape index (κ1) is 12.8. The van der Waals surface area contributed by atoms with Crippen LogP contribution in [-0.4, -0.2) is 19.1 Å². The van der Waals surface area contributed by atoms with Crippen molar-refractivity contribution in [2.45, 2.75) is 57.9 Å². The zero-order chi connectivity index (χ0) is 13.1. The average molecular weight is 258 g/mol. The molecule has 0 aliphatic carbocycles. The van der Waals surface area contributed by atoms with E-state index in [1.165, 1.54) is 68.4 Å². The third kappa shape index (κ3) is 2.72. The fourth-order valence-corrected chi connectivity index (χ4v) is 3.58. The molecule has 2 heterocycles. The second kappa shape index (κ2) is 5.85. The van der Waals surface area contributed by atoms with Gasteiger partial charge in [-0.2, -0.15) is 0 Å². The molecular weight excluding hydrogens is 232 g/mol. The standard InChI is InChI=1S/C17H26N2/c1-2-15-8-4-3-5-12-19(15)16-9-10-17-14(13-16)7-6-11-18-17/h9-10,13,15,18H,2-8,11-12H2,1H3. The first-order valence-electron chi connectivity index (χ1n) is 8.02. The number of hydrogen-bond donors (Lipinski definition) is 1. The SMILES string of the molecule is CCC1CCCCCN1c1ccc2c(c1)CCCN2. The van der Waals surface area contributed by atoms with Crippen LogP contribution >= 0.6 is 0 Å². The summed E-state index contributed by atoms with van der Waals surface area (Å²) >= 11 is 0. The van der Waals surface area contributed by atoms with Crippen LogP contribution in [-0.2, 0) is 6.42 Å². The van der Waals surface area contributed by atoms with Gasteiger partial charge in [0.2, 0.25) is 0 Å². The minimum atomic E-state index is 0.747. The summed E-state index contributed by atoms with van der Waals surface area (Å²) in [6.07, 6.45) is 9.31. The van der Waals surface area contributed by atoms with Crippen molar-refractivity contribution >= 4 is 11.4 Å². The summed E-state index contributed by atoms with van der Waals surface area (Å²) in [5.41, 5.74) is 4.33. The maximum atomic E-state index is 3.51. The Morgan fingerprint density at radius 2 is 2.16 bits per heavy atom.